The van der Waals surface area contributed by atoms with E-state index in [1.807, 2.05) is 19.1 Å². The molecule has 1 heterocycles. The second kappa shape index (κ2) is 13.6. The molecular weight excluding hydrogens is 514 g/mol. The summed E-state index contributed by atoms with van der Waals surface area (Å²) in [6.07, 6.45) is 4.16. The van der Waals surface area contributed by atoms with Crippen LogP contribution in [0.5, 0.6) is 5.75 Å². The number of aryl methyl sites for hydroxylation is 2. The molecule has 206 valence electrons. The average Bonchev–Trinajstić information content (AvgIpc) is 2.85. The zero-order valence-electron chi connectivity index (χ0n) is 23.4. The molecule has 7 heteroatoms. The Hall–Kier alpha value is -2.41. The van der Waals surface area contributed by atoms with Crippen LogP contribution in [0.3, 0.4) is 0 Å². The fraction of sp³-hybridized carbons (Fsp3) is 0.484. The number of H-pyrrole nitrogens is 1. The number of nitrogens with one attached hydrogen (secondary N) is 1. The van der Waals surface area contributed by atoms with Crippen molar-refractivity contribution in [1.82, 2.24) is 14.8 Å². The van der Waals surface area contributed by atoms with E-state index in [4.69, 9.17) is 17.0 Å². The molecule has 0 aliphatic heterocycles. The molecule has 2 aromatic carbocycles. The van der Waals surface area contributed by atoms with E-state index >= 15 is 0 Å². The van der Waals surface area contributed by atoms with Crippen LogP contribution in [0.1, 0.15) is 67.9 Å². The van der Waals surface area contributed by atoms with Gasteiger partial charge in [0.1, 0.15) is 5.75 Å². The van der Waals surface area contributed by atoms with Gasteiger partial charge in [0.2, 0.25) is 0 Å². The van der Waals surface area contributed by atoms with Crippen molar-refractivity contribution in [2.24, 2.45) is 0 Å². The van der Waals surface area contributed by atoms with Crippen molar-refractivity contribution in [1.29, 1.82) is 0 Å². The molecule has 0 saturated heterocycles. The summed E-state index contributed by atoms with van der Waals surface area (Å²) in [4.78, 5) is 22.1. The van der Waals surface area contributed by atoms with E-state index < -0.39 is 0 Å². The number of hydrogen-bond donors (Lipinski definition) is 1. The van der Waals surface area contributed by atoms with Crippen molar-refractivity contribution >= 4 is 40.5 Å². The molecule has 38 heavy (non-hydrogen) atoms. The molecule has 0 spiro atoms. The third kappa shape index (κ3) is 6.77. The van der Waals surface area contributed by atoms with Crippen molar-refractivity contribution < 1.29 is 4.74 Å². The lowest BCUT2D eigenvalue weighted by Gasteiger charge is -2.39. The molecule has 0 bridgehead atoms. The number of aromatic nitrogens is 1. The van der Waals surface area contributed by atoms with Crippen LogP contribution in [-0.4, -0.2) is 45.5 Å². The normalized spacial score (nSPS) is 13.3. The van der Waals surface area contributed by atoms with E-state index in [1.165, 1.54) is 23.1 Å². The van der Waals surface area contributed by atoms with E-state index in [0.29, 0.717) is 25.6 Å². The number of thiocarbonyl (C=S) groups is 1. The summed E-state index contributed by atoms with van der Waals surface area (Å²) in [5, 5.41) is 1.10. The smallest absolute Gasteiger partial charge is 0.253 e. The Morgan fingerprint density at radius 2 is 1.74 bits per heavy atom. The second-order valence-corrected chi connectivity index (χ2v) is 10.7. The minimum Gasteiger partial charge on any atom is -0.494 e. The first kappa shape index (κ1) is 30.1. The molecule has 1 fully saturated rings. The summed E-state index contributed by atoms with van der Waals surface area (Å²) >= 11 is 5.96. The molecule has 4 rings (SSSR count). The average molecular weight is 556 g/mol. The fourth-order valence-corrected chi connectivity index (χ4v) is 5.64. The Morgan fingerprint density at radius 3 is 2.32 bits per heavy atom. The number of hydrogen-bond acceptors (Lipinski definition) is 4. The Bertz CT molecular complexity index is 1300. The molecule has 0 unspecified atom stereocenters. The monoisotopic (exact) mass is 555 g/mol. The Morgan fingerprint density at radius 1 is 1.05 bits per heavy atom. The standard InChI is InChI=1S/C31H41N3O2S.ClH/c1-6-33(7-2)20-28-21(4)16-24-18-25(31(35)32-30(24)22(28)5)19-34(26-10-9-11-26)29(37)17-23-12-14-27(15-13-23)36-8-3;/h12-16,18,26H,6-11,17,19-20H2,1-5H3,(H,32,35);1H. The Kier molecular flexibility index (Phi) is 10.8. The minimum atomic E-state index is -0.0126. The highest BCUT2D eigenvalue weighted by atomic mass is 35.5. The molecule has 0 amide bonds. The van der Waals surface area contributed by atoms with Crippen LogP contribution in [0.15, 0.2) is 41.2 Å². The molecule has 1 aromatic heterocycles. The van der Waals surface area contributed by atoms with Gasteiger partial charge in [-0.15, -0.1) is 12.4 Å². The van der Waals surface area contributed by atoms with E-state index in [1.54, 1.807) is 0 Å². The number of pyridine rings is 1. The molecule has 1 aliphatic carbocycles. The number of benzene rings is 2. The fourth-order valence-electron chi connectivity index (χ4n) is 5.26. The molecule has 3 aromatic rings. The van der Waals surface area contributed by atoms with E-state index in [-0.39, 0.29) is 18.0 Å². The van der Waals surface area contributed by atoms with Crippen LogP contribution < -0.4 is 10.3 Å². The van der Waals surface area contributed by atoms with Crippen LogP contribution in [0, 0.1) is 13.8 Å². The van der Waals surface area contributed by atoms with Crippen molar-refractivity contribution in [2.45, 2.75) is 79.4 Å². The summed E-state index contributed by atoms with van der Waals surface area (Å²) in [5.74, 6) is 0.876. The van der Waals surface area contributed by atoms with Crippen LogP contribution in [0.25, 0.3) is 10.9 Å². The third-order valence-electron chi connectivity index (χ3n) is 7.87. The first-order valence-corrected chi connectivity index (χ1v) is 14.1. The van der Waals surface area contributed by atoms with Gasteiger partial charge in [0.15, 0.2) is 0 Å². The zero-order chi connectivity index (χ0) is 26.5. The third-order valence-corrected chi connectivity index (χ3v) is 8.25. The number of nitrogens with zero attached hydrogens (tertiary/aromatic N) is 2. The van der Waals surface area contributed by atoms with Crippen molar-refractivity contribution in [3.63, 3.8) is 0 Å². The Labute approximate surface area is 239 Å². The van der Waals surface area contributed by atoms with Gasteiger partial charge in [0, 0.05) is 31.1 Å². The lowest BCUT2D eigenvalue weighted by molar-refractivity contribution is 0.203. The highest BCUT2D eigenvalue weighted by Gasteiger charge is 2.28. The van der Waals surface area contributed by atoms with Crippen LogP contribution in [0.4, 0.5) is 0 Å². The van der Waals surface area contributed by atoms with E-state index in [2.05, 4.69) is 66.7 Å². The SMILES string of the molecule is CCOc1ccc(CC(=S)N(Cc2cc3cc(C)c(CN(CC)CC)c(C)c3[nH]c2=O)C2CCC2)cc1.Cl. The van der Waals surface area contributed by atoms with Crippen molar-refractivity contribution in [3.05, 3.63) is 74.6 Å². The quantitative estimate of drug-likeness (QED) is 0.266. The molecular formula is C31H42ClN3O2S. The number of aromatic amines is 1. The van der Waals surface area contributed by atoms with Crippen LogP contribution in [-0.2, 0) is 19.5 Å². The van der Waals surface area contributed by atoms with Gasteiger partial charge in [0.05, 0.1) is 17.1 Å². The number of fused-ring (bicyclic) bond motifs is 1. The highest BCUT2D eigenvalue weighted by molar-refractivity contribution is 7.80. The predicted molar refractivity (Wildman–Crippen MR) is 165 cm³/mol. The minimum absolute atomic E-state index is 0. The van der Waals surface area contributed by atoms with Crippen molar-refractivity contribution in [2.75, 3.05) is 19.7 Å². The maximum absolute atomic E-state index is 13.3. The lowest BCUT2D eigenvalue weighted by Crippen LogP contribution is -2.44. The van der Waals surface area contributed by atoms with Gasteiger partial charge in [-0.05, 0) is 105 Å². The summed E-state index contributed by atoms with van der Waals surface area (Å²) in [7, 11) is 0. The van der Waals surface area contributed by atoms with Gasteiger partial charge >= 0.3 is 0 Å². The molecule has 1 aliphatic rings. The van der Waals surface area contributed by atoms with Gasteiger partial charge in [-0.1, -0.05) is 38.2 Å². The highest BCUT2D eigenvalue weighted by Crippen LogP contribution is 2.29. The van der Waals surface area contributed by atoms with Gasteiger partial charge in [-0.25, -0.2) is 0 Å². The molecule has 1 saturated carbocycles. The van der Waals surface area contributed by atoms with Gasteiger partial charge in [-0.3, -0.25) is 9.69 Å². The summed E-state index contributed by atoms with van der Waals surface area (Å²) in [6.45, 7) is 14.8. The van der Waals surface area contributed by atoms with Gasteiger partial charge < -0.3 is 14.6 Å². The zero-order valence-corrected chi connectivity index (χ0v) is 25.1. The molecule has 0 atom stereocenters. The predicted octanol–water partition coefficient (Wildman–Crippen LogP) is 6.73. The molecule has 0 radical (unpaired) electrons. The van der Waals surface area contributed by atoms with Gasteiger partial charge in [-0.2, -0.15) is 0 Å². The van der Waals surface area contributed by atoms with E-state index in [9.17, 15) is 4.79 Å². The first-order valence-electron chi connectivity index (χ1n) is 13.7. The molecule has 5 nitrogen and oxygen atoms in total. The summed E-state index contributed by atoms with van der Waals surface area (Å²) in [6, 6.07) is 12.9. The first-order chi connectivity index (χ1) is 17.8. The maximum atomic E-state index is 13.3. The summed E-state index contributed by atoms with van der Waals surface area (Å²) < 4.78 is 5.58. The van der Waals surface area contributed by atoms with Crippen LogP contribution >= 0.6 is 24.6 Å². The second-order valence-electron chi connectivity index (χ2n) is 10.2. The van der Waals surface area contributed by atoms with Gasteiger partial charge in [0.25, 0.3) is 5.56 Å². The van der Waals surface area contributed by atoms with E-state index in [0.717, 1.165) is 65.2 Å². The number of ether oxygens (including phenoxy) is 1. The largest absolute Gasteiger partial charge is 0.494 e. The summed E-state index contributed by atoms with van der Waals surface area (Å²) in [5.41, 5.74) is 6.65. The maximum Gasteiger partial charge on any atom is 0.253 e. The number of halogens is 1. The Balaban J connectivity index is 0.00000400. The van der Waals surface area contributed by atoms with Crippen LogP contribution in [0.2, 0.25) is 0 Å². The topological polar surface area (TPSA) is 48.6 Å². The van der Waals surface area contributed by atoms with Crippen molar-refractivity contribution in [3.8, 4) is 5.75 Å². The number of rotatable bonds is 11. The lowest BCUT2D eigenvalue weighted by atomic mass is 9.90. The molecule has 1 N–H and O–H groups in total.